The van der Waals surface area contributed by atoms with E-state index in [0.29, 0.717) is 0 Å². The molecule has 0 amide bonds. The molecule has 1 aromatic rings. The minimum atomic E-state index is -0.179. The SMILES string of the molecule is COC(=O)[C@H]1CC[C@@H](c2cccnc2)N1. The van der Waals surface area contributed by atoms with E-state index in [2.05, 4.69) is 10.3 Å². The molecule has 15 heavy (non-hydrogen) atoms. The Bertz CT molecular complexity index is 340. The van der Waals surface area contributed by atoms with Gasteiger partial charge in [0.2, 0.25) is 0 Å². The minimum Gasteiger partial charge on any atom is -0.468 e. The highest BCUT2D eigenvalue weighted by Crippen LogP contribution is 2.26. The van der Waals surface area contributed by atoms with E-state index >= 15 is 0 Å². The quantitative estimate of drug-likeness (QED) is 0.735. The molecule has 0 saturated carbocycles. The van der Waals surface area contributed by atoms with E-state index in [1.165, 1.54) is 7.11 Å². The number of nitrogens with one attached hydrogen (secondary N) is 1. The zero-order valence-corrected chi connectivity index (χ0v) is 8.64. The van der Waals surface area contributed by atoms with E-state index in [4.69, 9.17) is 4.74 Å². The number of ether oxygens (including phenoxy) is 1. The summed E-state index contributed by atoms with van der Waals surface area (Å²) in [4.78, 5) is 15.4. The minimum absolute atomic E-state index is 0.166. The van der Waals surface area contributed by atoms with E-state index in [-0.39, 0.29) is 18.1 Å². The monoisotopic (exact) mass is 206 g/mol. The first-order valence-corrected chi connectivity index (χ1v) is 5.05. The topological polar surface area (TPSA) is 51.2 Å². The Hall–Kier alpha value is -1.42. The number of aromatic nitrogens is 1. The molecule has 0 bridgehead atoms. The van der Waals surface area contributed by atoms with Crippen LogP contribution in [0.2, 0.25) is 0 Å². The van der Waals surface area contributed by atoms with Crippen molar-refractivity contribution in [2.24, 2.45) is 0 Å². The van der Waals surface area contributed by atoms with Crippen molar-refractivity contribution in [3.8, 4) is 0 Å². The summed E-state index contributed by atoms with van der Waals surface area (Å²) in [5.74, 6) is -0.179. The van der Waals surface area contributed by atoms with Gasteiger partial charge in [-0.15, -0.1) is 0 Å². The fourth-order valence-electron chi connectivity index (χ4n) is 1.92. The summed E-state index contributed by atoms with van der Waals surface area (Å²) in [6.45, 7) is 0. The van der Waals surface area contributed by atoms with Crippen molar-refractivity contribution in [2.45, 2.75) is 24.9 Å². The second kappa shape index (κ2) is 4.40. The summed E-state index contributed by atoms with van der Waals surface area (Å²) >= 11 is 0. The molecule has 2 rings (SSSR count). The summed E-state index contributed by atoms with van der Waals surface area (Å²) in [6.07, 6.45) is 5.35. The van der Waals surface area contributed by atoms with Gasteiger partial charge in [0.25, 0.3) is 0 Å². The van der Waals surface area contributed by atoms with Crippen LogP contribution < -0.4 is 5.32 Å². The lowest BCUT2D eigenvalue weighted by Gasteiger charge is -2.12. The van der Waals surface area contributed by atoms with Crippen LogP contribution in [-0.2, 0) is 9.53 Å². The maximum absolute atomic E-state index is 11.3. The molecular formula is C11H14N2O2. The van der Waals surface area contributed by atoms with Gasteiger partial charge in [0.1, 0.15) is 6.04 Å². The predicted molar refractivity (Wildman–Crippen MR) is 55.2 cm³/mol. The molecule has 0 spiro atoms. The number of carbonyl (C=O) groups is 1. The molecule has 0 aliphatic carbocycles. The van der Waals surface area contributed by atoms with Gasteiger partial charge >= 0.3 is 5.97 Å². The first-order valence-electron chi connectivity index (χ1n) is 5.05. The Balaban J connectivity index is 2.02. The Kier molecular flexibility index (Phi) is 2.97. The van der Waals surface area contributed by atoms with Gasteiger partial charge in [-0.25, -0.2) is 0 Å². The number of hydrogen-bond donors (Lipinski definition) is 1. The summed E-state index contributed by atoms with van der Waals surface area (Å²) < 4.78 is 4.70. The normalized spacial score (nSPS) is 25.1. The highest BCUT2D eigenvalue weighted by atomic mass is 16.5. The van der Waals surface area contributed by atoms with E-state index in [1.54, 1.807) is 6.20 Å². The van der Waals surface area contributed by atoms with Crippen LogP contribution in [-0.4, -0.2) is 24.1 Å². The zero-order chi connectivity index (χ0) is 10.7. The van der Waals surface area contributed by atoms with Crippen LogP contribution in [0.5, 0.6) is 0 Å². The molecule has 4 heteroatoms. The lowest BCUT2D eigenvalue weighted by Crippen LogP contribution is -2.33. The van der Waals surface area contributed by atoms with Crippen molar-refractivity contribution in [1.82, 2.24) is 10.3 Å². The van der Waals surface area contributed by atoms with Crippen molar-refractivity contribution in [1.29, 1.82) is 0 Å². The Morgan fingerprint density at radius 1 is 1.60 bits per heavy atom. The van der Waals surface area contributed by atoms with Crippen LogP contribution >= 0.6 is 0 Å². The van der Waals surface area contributed by atoms with Crippen molar-refractivity contribution >= 4 is 5.97 Å². The molecule has 1 aliphatic heterocycles. The van der Waals surface area contributed by atoms with E-state index in [9.17, 15) is 4.79 Å². The molecule has 4 nitrogen and oxygen atoms in total. The third-order valence-electron chi connectivity index (χ3n) is 2.72. The van der Waals surface area contributed by atoms with Crippen LogP contribution in [0.15, 0.2) is 24.5 Å². The van der Waals surface area contributed by atoms with Crippen molar-refractivity contribution < 1.29 is 9.53 Å². The highest BCUT2D eigenvalue weighted by Gasteiger charge is 2.30. The molecule has 1 fully saturated rings. The number of nitrogens with zero attached hydrogens (tertiary/aromatic N) is 1. The maximum Gasteiger partial charge on any atom is 0.322 e. The summed E-state index contributed by atoms with van der Waals surface area (Å²) in [5, 5.41) is 3.24. The standard InChI is InChI=1S/C11H14N2O2/c1-15-11(14)10-5-4-9(13-10)8-3-2-6-12-7-8/h2-3,6-7,9-10,13H,4-5H2,1H3/t9-,10+/m0/s1. The van der Waals surface area contributed by atoms with E-state index in [1.807, 2.05) is 18.3 Å². The van der Waals surface area contributed by atoms with Crippen LogP contribution in [0.25, 0.3) is 0 Å². The molecule has 2 heterocycles. The summed E-state index contributed by atoms with van der Waals surface area (Å²) in [5.41, 5.74) is 1.13. The number of rotatable bonds is 2. The number of pyridine rings is 1. The van der Waals surface area contributed by atoms with Crippen molar-refractivity contribution in [3.63, 3.8) is 0 Å². The van der Waals surface area contributed by atoms with Crippen molar-refractivity contribution in [2.75, 3.05) is 7.11 Å². The molecule has 1 aliphatic rings. The molecule has 1 aromatic heterocycles. The first-order chi connectivity index (χ1) is 7.31. The van der Waals surface area contributed by atoms with Gasteiger partial charge in [-0.05, 0) is 24.5 Å². The molecular weight excluding hydrogens is 192 g/mol. The molecule has 1 N–H and O–H groups in total. The van der Waals surface area contributed by atoms with Crippen LogP contribution in [0.3, 0.4) is 0 Å². The first kappa shape index (κ1) is 10.1. The Labute approximate surface area is 88.7 Å². The Morgan fingerprint density at radius 3 is 3.13 bits per heavy atom. The third-order valence-corrected chi connectivity index (χ3v) is 2.72. The second-order valence-corrected chi connectivity index (χ2v) is 3.66. The van der Waals surface area contributed by atoms with E-state index < -0.39 is 0 Å². The average Bonchev–Trinajstić information content (AvgIpc) is 2.78. The summed E-state index contributed by atoms with van der Waals surface area (Å²) in [6, 6.07) is 3.98. The van der Waals surface area contributed by atoms with Crippen LogP contribution in [0.1, 0.15) is 24.4 Å². The van der Waals surface area contributed by atoms with Gasteiger partial charge in [-0.3, -0.25) is 15.1 Å². The molecule has 0 radical (unpaired) electrons. The van der Waals surface area contributed by atoms with Gasteiger partial charge in [-0.2, -0.15) is 0 Å². The fourth-order valence-corrected chi connectivity index (χ4v) is 1.92. The van der Waals surface area contributed by atoms with Gasteiger partial charge in [0, 0.05) is 18.4 Å². The number of esters is 1. The molecule has 0 aromatic carbocycles. The molecule has 1 saturated heterocycles. The Morgan fingerprint density at radius 2 is 2.47 bits per heavy atom. The fraction of sp³-hybridized carbons (Fsp3) is 0.455. The van der Waals surface area contributed by atoms with Crippen molar-refractivity contribution in [3.05, 3.63) is 30.1 Å². The van der Waals surface area contributed by atoms with Gasteiger partial charge < -0.3 is 4.74 Å². The third kappa shape index (κ3) is 2.15. The van der Waals surface area contributed by atoms with Gasteiger partial charge in [0.15, 0.2) is 0 Å². The molecule has 80 valence electrons. The van der Waals surface area contributed by atoms with Crippen LogP contribution in [0, 0.1) is 0 Å². The van der Waals surface area contributed by atoms with Gasteiger partial charge in [0.05, 0.1) is 7.11 Å². The zero-order valence-electron chi connectivity index (χ0n) is 8.64. The molecule has 0 unspecified atom stereocenters. The lowest BCUT2D eigenvalue weighted by molar-refractivity contribution is -0.142. The van der Waals surface area contributed by atoms with Crippen LogP contribution in [0.4, 0.5) is 0 Å². The maximum atomic E-state index is 11.3. The highest BCUT2D eigenvalue weighted by molar-refractivity contribution is 5.76. The lowest BCUT2D eigenvalue weighted by atomic mass is 10.1. The molecule has 2 atom stereocenters. The number of carbonyl (C=O) groups excluding carboxylic acids is 1. The largest absolute Gasteiger partial charge is 0.468 e. The second-order valence-electron chi connectivity index (χ2n) is 3.66. The van der Waals surface area contributed by atoms with E-state index in [0.717, 1.165) is 18.4 Å². The number of methoxy groups -OCH3 is 1. The number of hydrogen-bond acceptors (Lipinski definition) is 4. The predicted octanol–water partition coefficient (Wildman–Crippen LogP) is 1.05. The van der Waals surface area contributed by atoms with Gasteiger partial charge in [-0.1, -0.05) is 6.07 Å². The smallest absolute Gasteiger partial charge is 0.322 e. The summed E-state index contributed by atoms with van der Waals surface area (Å²) in [7, 11) is 1.42. The average molecular weight is 206 g/mol.